The number of carbonyl (C=O) groups is 2. The highest BCUT2D eigenvalue weighted by molar-refractivity contribution is 8.00. The molecule has 1 aromatic heterocycles. The Morgan fingerprint density at radius 1 is 1.32 bits per heavy atom. The molecule has 0 unspecified atom stereocenters. The first-order valence-electron chi connectivity index (χ1n) is 5.88. The third-order valence-corrected chi connectivity index (χ3v) is 4.51. The number of aliphatic carboxylic acids is 1. The fourth-order valence-electron chi connectivity index (χ4n) is 1.84. The molecule has 2 rings (SSSR count). The van der Waals surface area contributed by atoms with Crippen LogP contribution in [0.25, 0.3) is 0 Å². The summed E-state index contributed by atoms with van der Waals surface area (Å²) in [4.78, 5) is 30.4. The summed E-state index contributed by atoms with van der Waals surface area (Å²) in [6.07, 6.45) is 1.78. The molecule has 1 aromatic rings. The number of carbonyl (C=O) groups excluding carboxylic acids is 1. The van der Waals surface area contributed by atoms with E-state index < -0.39 is 5.97 Å². The molecular formula is C11H15N3O3S2. The van der Waals surface area contributed by atoms with Gasteiger partial charge in [0.1, 0.15) is 0 Å². The molecule has 0 saturated carbocycles. The van der Waals surface area contributed by atoms with E-state index in [1.165, 1.54) is 0 Å². The van der Waals surface area contributed by atoms with E-state index in [1.807, 2.05) is 5.38 Å². The molecule has 0 aliphatic carbocycles. The van der Waals surface area contributed by atoms with Crippen molar-refractivity contribution in [2.75, 3.05) is 42.6 Å². The van der Waals surface area contributed by atoms with Crippen molar-refractivity contribution in [3.8, 4) is 0 Å². The van der Waals surface area contributed by atoms with Crippen LogP contribution in [0.15, 0.2) is 11.6 Å². The zero-order chi connectivity index (χ0) is 13.7. The predicted molar refractivity (Wildman–Crippen MR) is 75.9 cm³/mol. The highest BCUT2D eigenvalue weighted by Crippen LogP contribution is 2.19. The molecule has 1 fully saturated rings. The molecule has 104 valence electrons. The fourth-order valence-corrected chi connectivity index (χ4v) is 3.17. The lowest BCUT2D eigenvalue weighted by Gasteiger charge is -2.34. The van der Waals surface area contributed by atoms with E-state index in [-0.39, 0.29) is 17.4 Å². The van der Waals surface area contributed by atoms with Crippen molar-refractivity contribution < 1.29 is 14.7 Å². The molecule has 0 bridgehead atoms. The second kappa shape index (κ2) is 6.76. The van der Waals surface area contributed by atoms with Crippen LogP contribution in [-0.2, 0) is 9.59 Å². The molecule has 6 nitrogen and oxygen atoms in total. The van der Waals surface area contributed by atoms with E-state index in [9.17, 15) is 9.59 Å². The van der Waals surface area contributed by atoms with E-state index in [0.29, 0.717) is 13.1 Å². The van der Waals surface area contributed by atoms with Crippen LogP contribution in [0, 0.1) is 0 Å². The summed E-state index contributed by atoms with van der Waals surface area (Å²) in [6.45, 7) is 2.91. The molecule has 1 N–H and O–H groups in total. The number of piperazine rings is 1. The summed E-state index contributed by atoms with van der Waals surface area (Å²) in [5, 5.41) is 11.5. The third kappa shape index (κ3) is 4.10. The Kier molecular flexibility index (Phi) is 5.03. The van der Waals surface area contributed by atoms with Crippen molar-refractivity contribution >= 4 is 40.1 Å². The van der Waals surface area contributed by atoms with Gasteiger partial charge >= 0.3 is 5.97 Å². The van der Waals surface area contributed by atoms with Crippen LogP contribution in [0.4, 0.5) is 5.13 Å². The number of carboxylic acids is 1. The average Bonchev–Trinajstić information content (AvgIpc) is 2.92. The first kappa shape index (κ1) is 14.1. The monoisotopic (exact) mass is 301 g/mol. The van der Waals surface area contributed by atoms with Crippen molar-refractivity contribution in [3.05, 3.63) is 11.6 Å². The molecule has 0 spiro atoms. The zero-order valence-corrected chi connectivity index (χ0v) is 12.0. The summed E-state index contributed by atoms with van der Waals surface area (Å²) < 4.78 is 0. The minimum atomic E-state index is -0.883. The van der Waals surface area contributed by atoms with Gasteiger partial charge in [0.2, 0.25) is 5.91 Å². The van der Waals surface area contributed by atoms with Gasteiger partial charge in [0.05, 0.1) is 11.5 Å². The van der Waals surface area contributed by atoms with E-state index in [2.05, 4.69) is 9.88 Å². The minimum Gasteiger partial charge on any atom is -0.481 e. The smallest absolute Gasteiger partial charge is 0.313 e. The molecule has 8 heteroatoms. The highest BCUT2D eigenvalue weighted by atomic mass is 32.2. The van der Waals surface area contributed by atoms with Crippen molar-refractivity contribution in [3.63, 3.8) is 0 Å². The molecule has 1 aliphatic rings. The van der Waals surface area contributed by atoms with Crippen molar-refractivity contribution in [2.45, 2.75) is 0 Å². The molecule has 2 heterocycles. The maximum absolute atomic E-state index is 11.9. The van der Waals surface area contributed by atoms with Gasteiger partial charge in [-0.25, -0.2) is 4.98 Å². The topological polar surface area (TPSA) is 73.7 Å². The molecule has 0 aromatic carbocycles. The average molecular weight is 301 g/mol. The maximum atomic E-state index is 11.9. The van der Waals surface area contributed by atoms with Gasteiger partial charge in [0, 0.05) is 37.8 Å². The van der Waals surface area contributed by atoms with Crippen LogP contribution in [0.1, 0.15) is 0 Å². The van der Waals surface area contributed by atoms with Crippen LogP contribution < -0.4 is 4.90 Å². The zero-order valence-electron chi connectivity index (χ0n) is 10.3. The number of nitrogens with zero attached hydrogens (tertiary/aromatic N) is 3. The number of hydrogen-bond acceptors (Lipinski definition) is 6. The standard InChI is InChI=1S/C11H15N3O3S2/c15-9(7-18-8-10(16)17)13-2-4-14(5-3-13)11-12-1-6-19-11/h1,6H,2-5,7-8H2,(H,16,17). The second-order valence-electron chi connectivity index (χ2n) is 4.07. The van der Waals surface area contributed by atoms with E-state index in [0.717, 1.165) is 30.0 Å². The van der Waals surface area contributed by atoms with Gasteiger partial charge in [-0.2, -0.15) is 0 Å². The summed E-state index contributed by atoms with van der Waals surface area (Å²) >= 11 is 2.75. The van der Waals surface area contributed by atoms with Crippen LogP contribution in [-0.4, -0.2) is 64.6 Å². The maximum Gasteiger partial charge on any atom is 0.313 e. The third-order valence-electron chi connectivity index (χ3n) is 2.77. The molecule has 1 saturated heterocycles. The Morgan fingerprint density at radius 2 is 2.05 bits per heavy atom. The summed E-state index contributed by atoms with van der Waals surface area (Å²) in [5.74, 6) is -0.648. The van der Waals surface area contributed by atoms with Crippen LogP contribution >= 0.6 is 23.1 Å². The first-order chi connectivity index (χ1) is 9.16. The fraction of sp³-hybridized carbons (Fsp3) is 0.545. The Bertz CT molecular complexity index is 430. The number of thioether (sulfide) groups is 1. The predicted octanol–water partition coefficient (Wildman–Crippen LogP) is 0.609. The van der Waals surface area contributed by atoms with Gasteiger partial charge in [-0.05, 0) is 0 Å². The van der Waals surface area contributed by atoms with Crippen molar-refractivity contribution in [2.24, 2.45) is 0 Å². The Hall–Kier alpha value is -1.28. The molecule has 0 radical (unpaired) electrons. The Balaban J connectivity index is 1.73. The molecular weight excluding hydrogens is 286 g/mol. The van der Waals surface area contributed by atoms with E-state index in [4.69, 9.17) is 5.11 Å². The number of amides is 1. The van der Waals surface area contributed by atoms with Gasteiger partial charge in [0.25, 0.3) is 0 Å². The number of hydrogen-bond donors (Lipinski definition) is 1. The van der Waals surface area contributed by atoms with Crippen LogP contribution in [0.2, 0.25) is 0 Å². The van der Waals surface area contributed by atoms with Crippen LogP contribution in [0.5, 0.6) is 0 Å². The highest BCUT2D eigenvalue weighted by Gasteiger charge is 2.22. The Labute approximate surface area is 119 Å². The molecule has 0 atom stereocenters. The second-order valence-corrected chi connectivity index (χ2v) is 5.93. The van der Waals surface area contributed by atoms with Gasteiger partial charge in [-0.15, -0.1) is 23.1 Å². The number of rotatable bonds is 5. The number of thiazole rings is 1. The SMILES string of the molecule is O=C(O)CSCC(=O)N1CCN(c2nccs2)CC1. The number of aromatic nitrogens is 1. The van der Waals surface area contributed by atoms with Crippen LogP contribution in [0.3, 0.4) is 0 Å². The first-order valence-corrected chi connectivity index (χ1v) is 7.92. The summed E-state index contributed by atoms with van der Waals surface area (Å²) in [7, 11) is 0. The Morgan fingerprint density at radius 3 is 2.63 bits per heavy atom. The molecule has 1 aliphatic heterocycles. The normalized spacial score (nSPS) is 15.6. The lowest BCUT2D eigenvalue weighted by Crippen LogP contribution is -2.49. The number of anilines is 1. The summed E-state index contributed by atoms with van der Waals surface area (Å²) in [6, 6.07) is 0. The quantitative estimate of drug-likeness (QED) is 0.859. The van der Waals surface area contributed by atoms with Gasteiger partial charge in [-0.3, -0.25) is 9.59 Å². The number of carboxylic acid groups (broad SMARTS) is 1. The van der Waals surface area contributed by atoms with E-state index in [1.54, 1.807) is 22.4 Å². The van der Waals surface area contributed by atoms with Gasteiger partial charge < -0.3 is 14.9 Å². The lowest BCUT2D eigenvalue weighted by atomic mass is 10.3. The van der Waals surface area contributed by atoms with Crippen molar-refractivity contribution in [1.82, 2.24) is 9.88 Å². The largest absolute Gasteiger partial charge is 0.481 e. The van der Waals surface area contributed by atoms with Gasteiger partial charge in [0.15, 0.2) is 5.13 Å². The van der Waals surface area contributed by atoms with E-state index >= 15 is 0 Å². The molecule has 1 amide bonds. The minimum absolute atomic E-state index is 0.0186. The van der Waals surface area contributed by atoms with Crippen molar-refractivity contribution in [1.29, 1.82) is 0 Å². The molecule has 19 heavy (non-hydrogen) atoms. The van der Waals surface area contributed by atoms with Gasteiger partial charge in [-0.1, -0.05) is 0 Å². The summed E-state index contributed by atoms with van der Waals surface area (Å²) in [5.41, 5.74) is 0. The lowest BCUT2D eigenvalue weighted by molar-refractivity contribution is -0.133.